The smallest absolute Gasteiger partial charge is 0.287 e. The molecule has 1 saturated heterocycles. The van der Waals surface area contributed by atoms with Gasteiger partial charge in [-0.2, -0.15) is 5.10 Å². The van der Waals surface area contributed by atoms with E-state index in [0.29, 0.717) is 18.2 Å². The van der Waals surface area contributed by atoms with E-state index in [-0.39, 0.29) is 10.6 Å². The van der Waals surface area contributed by atoms with Crippen molar-refractivity contribution >= 4 is 17.3 Å². The van der Waals surface area contributed by atoms with Crippen molar-refractivity contribution in [3.05, 3.63) is 21.6 Å². The highest BCUT2D eigenvalue weighted by Crippen LogP contribution is 2.18. The third-order valence-corrected chi connectivity index (χ3v) is 3.62. The maximum atomic E-state index is 11.9. The quantitative estimate of drug-likeness (QED) is 0.901. The average Bonchev–Trinajstić information content (AvgIpc) is 2.44. The first kappa shape index (κ1) is 14.3. The van der Waals surface area contributed by atoms with Gasteiger partial charge in [0.1, 0.15) is 5.02 Å². The monoisotopic (exact) mass is 285 g/mol. The molecule has 19 heavy (non-hydrogen) atoms. The van der Waals surface area contributed by atoms with Crippen LogP contribution in [0.5, 0.6) is 0 Å². The fourth-order valence-electron chi connectivity index (χ4n) is 2.18. The van der Waals surface area contributed by atoms with Gasteiger partial charge in [-0.05, 0) is 25.2 Å². The number of nitrogens with zero attached hydrogens (tertiary/aromatic N) is 2. The lowest BCUT2D eigenvalue weighted by Crippen LogP contribution is -2.27. The van der Waals surface area contributed by atoms with Crippen molar-refractivity contribution in [2.24, 2.45) is 5.92 Å². The maximum absolute atomic E-state index is 11.9. The molecule has 0 saturated carbocycles. The number of anilines is 1. The van der Waals surface area contributed by atoms with Gasteiger partial charge in [0.2, 0.25) is 0 Å². The molecule has 1 atom stereocenters. The summed E-state index contributed by atoms with van der Waals surface area (Å²) in [5.74, 6) is 0.475. The lowest BCUT2D eigenvalue weighted by molar-refractivity contribution is 0.0595. The number of halogens is 1. The fourth-order valence-corrected chi connectivity index (χ4v) is 2.40. The molecular formula is C13H20ClN3O2. The Hall–Kier alpha value is -1.07. The Balaban J connectivity index is 2.00. The SMILES string of the molecule is CCCn1ncc(NCC2CCCOC2)c(Cl)c1=O. The van der Waals surface area contributed by atoms with Gasteiger partial charge in [0.05, 0.1) is 18.5 Å². The Morgan fingerprint density at radius 2 is 2.47 bits per heavy atom. The number of aromatic nitrogens is 2. The summed E-state index contributed by atoms with van der Waals surface area (Å²) in [7, 11) is 0. The zero-order valence-corrected chi connectivity index (χ0v) is 11.9. The average molecular weight is 286 g/mol. The molecule has 0 radical (unpaired) electrons. The van der Waals surface area contributed by atoms with Gasteiger partial charge in [-0.25, -0.2) is 4.68 Å². The van der Waals surface area contributed by atoms with Crippen LogP contribution in [0.3, 0.4) is 0 Å². The summed E-state index contributed by atoms with van der Waals surface area (Å²) in [6.45, 7) is 4.97. The van der Waals surface area contributed by atoms with Crippen molar-refractivity contribution in [2.45, 2.75) is 32.7 Å². The van der Waals surface area contributed by atoms with Gasteiger partial charge in [0.25, 0.3) is 5.56 Å². The van der Waals surface area contributed by atoms with Crippen molar-refractivity contribution in [1.82, 2.24) is 9.78 Å². The first-order valence-electron chi connectivity index (χ1n) is 6.79. The van der Waals surface area contributed by atoms with Crippen molar-refractivity contribution in [1.29, 1.82) is 0 Å². The number of aryl methyl sites for hydroxylation is 1. The zero-order chi connectivity index (χ0) is 13.7. The van der Waals surface area contributed by atoms with Crippen LogP contribution < -0.4 is 10.9 Å². The van der Waals surface area contributed by atoms with E-state index in [1.54, 1.807) is 6.20 Å². The molecule has 0 amide bonds. The molecule has 0 aromatic carbocycles. The number of hydrogen-bond donors (Lipinski definition) is 1. The van der Waals surface area contributed by atoms with Crippen LogP contribution in [0, 0.1) is 5.92 Å². The molecule has 1 aliphatic heterocycles. The van der Waals surface area contributed by atoms with Gasteiger partial charge in [0.15, 0.2) is 0 Å². The molecule has 0 bridgehead atoms. The van der Waals surface area contributed by atoms with Crippen molar-refractivity contribution in [3.8, 4) is 0 Å². The van der Waals surface area contributed by atoms with Crippen molar-refractivity contribution < 1.29 is 4.74 Å². The van der Waals surface area contributed by atoms with E-state index in [0.717, 1.165) is 39.0 Å². The molecule has 2 heterocycles. The topological polar surface area (TPSA) is 56.1 Å². The van der Waals surface area contributed by atoms with E-state index in [1.165, 1.54) is 4.68 Å². The van der Waals surface area contributed by atoms with Gasteiger partial charge in [0, 0.05) is 19.7 Å². The minimum atomic E-state index is -0.228. The molecule has 106 valence electrons. The Kier molecular flexibility index (Phi) is 5.22. The van der Waals surface area contributed by atoms with Crippen LogP contribution in [0.1, 0.15) is 26.2 Å². The van der Waals surface area contributed by atoms with Crippen molar-refractivity contribution in [2.75, 3.05) is 25.1 Å². The summed E-state index contributed by atoms with van der Waals surface area (Å²) >= 11 is 6.08. The van der Waals surface area contributed by atoms with Crippen LogP contribution in [0.4, 0.5) is 5.69 Å². The predicted octanol–water partition coefficient (Wildman–Crippen LogP) is 2.15. The molecule has 5 nitrogen and oxygen atoms in total. The second-order valence-electron chi connectivity index (χ2n) is 4.86. The number of ether oxygens (including phenoxy) is 1. The van der Waals surface area contributed by atoms with Crippen LogP contribution in [-0.2, 0) is 11.3 Å². The minimum absolute atomic E-state index is 0.222. The maximum Gasteiger partial charge on any atom is 0.287 e. The standard InChI is InChI=1S/C13H20ClN3O2/c1-2-5-17-13(18)12(14)11(8-16-17)15-7-10-4-3-6-19-9-10/h8,10,15H,2-7,9H2,1H3. The second kappa shape index (κ2) is 6.91. The van der Waals surface area contributed by atoms with Crippen LogP contribution >= 0.6 is 11.6 Å². The molecule has 0 spiro atoms. The first-order valence-corrected chi connectivity index (χ1v) is 7.17. The molecule has 1 unspecified atom stereocenters. The van der Waals surface area contributed by atoms with Crippen LogP contribution in [0.25, 0.3) is 0 Å². The second-order valence-corrected chi connectivity index (χ2v) is 5.24. The lowest BCUT2D eigenvalue weighted by Gasteiger charge is -2.22. The van der Waals surface area contributed by atoms with E-state index in [9.17, 15) is 4.79 Å². The van der Waals surface area contributed by atoms with E-state index in [2.05, 4.69) is 10.4 Å². The summed E-state index contributed by atoms with van der Waals surface area (Å²) in [6, 6.07) is 0. The number of hydrogen-bond acceptors (Lipinski definition) is 4. The van der Waals surface area contributed by atoms with Gasteiger partial charge in [-0.3, -0.25) is 4.79 Å². The molecule has 1 aromatic rings. The summed E-state index contributed by atoms with van der Waals surface area (Å²) < 4.78 is 6.82. The summed E-state index contributed by atoms with van der Waals surface area (Å²) in [6.07, 6.45) is 4.72. The molecule has 1 N–H and O–H groups in total. The molecule has 1 aliphatic rings. The third-order valence-electron chi connectivity index (χ3n) is 3.26. The molecular weight excluding hydrogens is 266 g/mol. The highest BCUT2D eigenvalue weighted by molar-refractivity contribution is 6.32. The van der Waals surface area contributed by atoms with Gasteiger partial charge < -0.3 is 10.1 Å². The van der Waals surface area contributed by atoms with E-state index < -0.39 is 0 Å². The van der Waals surface area contributed by atoms with Crippen LogP contribution in [0.2, 0.25) is 5.02 Å². The van der Waals surface area contributed by atoms with Gasteiger partial charge in [-0.1, -0.05) is 18.5 Å². The van der Waals surface area contributed by atoms with Crippen LogP contribution in [-0.4, -0.2) is 29.5 Å². The molecule has 1 fully saturated rings. The van der Waals surface area contributed by atoms with Gasteiger partial charge >= 0.3 is 0 Å². The number of rotatable bonds is 5. The molecule has 2 rings (SSSR count). The largest absolute Gasteiger partial charge is 0.382 e. The Bertz CT molecular complexity index is 469. The molecule has 0 aliphatic carbocycles. The predicted molar refractivity (Wildman–Crippen MR) is 75.8 cm³/mol. The van der Waals surface area contributed by atoms with Gasteiger partial charge in [-0.15, -0.1) is 0 Å². The number of nitrogens with one attached hydrogen (secondary N) is 1. The minimum Gasteiger partial charge on any atom is -0.382 e. The highest BCUT2D eigenvalue weighted by atomic mass is 35.5. The Morgan fingerprint density at radius 3 is 3.16 bits per heavy atom. The summed E-state index contributed by atoms with van der Waals surface area (Å²) in [5.41, 5.74) is 0.387. The zero-order valence-electron chi connectivity index (χ0n) is 11.2. The highest BCUT2D eigenvalue weighted by Gasteiger charge is 2.15. The summed E-state index contributed by atoms with van der Waals surface area (Å²) in [5, 5.41) is 7.55. The van der Waals surface area contributed by atoms with Crippen molar-refractivity contribution in [3.63, 3.8) is 0 Å². The molecule has 6 heteroatoms. The fraction of sp³-hybridized carbons (Fsp3) is 0.692. The third kappa shape index (κ3) is 3.70. The van der Waals surface area contributed by atoms with E-state index >= 15 is 0 Å². The first-order chi connectivity index (χ1) is 9.22. The van der Waals surface area contributed by atoms with E-state index in [4.69, 9.17) is 16.3 Å². The Morgan fingerprint density at radius 1 is 1.63 bits per heavy atom. The molecule has 1 aromatic heterocycles. The van der Waals surface area contributed by atoms with E-state index in [1.807, 2.05) is 6.92 Å². The normalized spacial score (nSPS) is 19.4. The van der Waals surface area contributed by atoms with Crippen LogP contribution in [0.15, 0.2) is 11.0 Å². The summed E-state index contributed by atoms with van der Waals surface area (Å²) in [4.78, 5) is 11.9. The Labute approximate surface area is 117 Å². The lowest BCUT2D eigenvalue weighted by atomic mass is 10.0.